The molecule has 15 heteroatoms. The number of nitrogens with zero attached hydrogens (tertiary/aromatic N) is 1. The van der Waals surface area contributed by atoms with Crippen molar-refractivity contribution < 1.29 is 42.3 Å². The first-order valence-electron chi connectivity index (χ1n) is 13.9. The van der Waals surface area contributed by atoms with Gasteiger partial charge in [0.1, 0.15) is 12.0 Å². The average molecular weight is 646 g/mol. The monoisotopic (exact) mass is 645 g/mol. The van der Waals surface area contributed by atoms with E-state index in [-0.39, 0.29) is 17.3 Å². The largest absolute Gasteiger partial charge is 0.463 e. The average Bonchev–Trinajstić information content (AvgIpc) is 2.99. The molecule has 0 heterocycles. The second-order valence-electron chi connectivity index (χ2n) is 8.40. The molecule has 0 bridgehead atoms. The van der Waals surface area contributed by atoms with Crippen LogP contribution in [0.15, 0.2) is 76.9 Å². The van der Waals surface area contributed by atoms with Crippen molar-refractivity contribution >= 4 is 23.8 Å². The van der Waals surface area contributed by atoms with Crippen molar-refractivity contribution in [2.75, 3.05) is 92.4 Å². The van der Waals surface area contributed by atoms with Crippen molar-refractivity contribution in [2.24, 2.45) is 22.2 Å². The van der Waals surface area contributed by atoms with Crippen molar-refractivity contribution in [3.8, 4) is 0 Å². The maximum atomic E-state index is 13.8. The van der Waals surface area contributed by atoms with Gasteiger partial charge in [-0.2, -0.15) is 4.99 Å². The molecule has 0 aliphatic carbocycles. The molecule has 0 aromatic rings. The fourth-order valence-electron chi connectivity index (χ4n) is 2.53. The lowest BCUT2D eigenvalue weighted by Crippen LogP contribution is -2.24. The number of guanidine groups is 1. The first-order chi connectivity index (χ1) is 21.3. The number of halogens is 1. The van der Waals surface area contributed by atoms with Gasteiger partial charge in [-0.25, -0.2) is 4.39 Å². The van der Waals surface area contributed by atoms with E-state index < -0.39 is 11.7 Å². The molecule has 1 amide bonds. The minimum Gasteiger partial charge on any atom is -0.463 e. The van der Waals surface area contributed by atoms with Crippen molar-refractivity contribution in [3.05, 3.63) is 71.9 Å². The summed E-state index contributed by atoms with van der Waals surface area (Å²) in [5, 5.41) is 0. The van der Waals surface area contributed by atoms with Crippen LogP contribution in [0.4, 0.5) is 4.39 Å². The Morgan fingerprint density at radius 2 is 1.32 bits per heavy atom. The molecule has 0 aromatic carbocycles. The van der Waals surface area contributed by atoms with E-state index in [0.29, 0.717) is 97.3 Å². The quantitative estimate of drug-likeness (QED) is 0.0176. The summed E-state index contributed by atoms with van der Waals surface area (Å²) in [4.78, 5) is 15.6. The van der Waals surface area contributed by atoms with Crippen LogP contribution in [-0.4, -0.2) is 104 Å². The van der Waals surface area contributed by atoms with Gasteiger partial charge < -0.3 is 50.4 Å². The zero-order valence-corrected chi connectivity index (χ0v) is 26.3. The number of hydrogen-bond donors (Lipinski definition) is 4. The number of carbonyl (C=O) groups is 1. The predicted octanol–water partition coefficient (Wildman–Crippen LogP) is 2.00. The third-order valence-electron chi connectivity index (χ3n) is 4.62. The van der Waals surface area contributed by atoms with E-state index in [9.17, 15) is 9.18 Å². The normalized spacial score (nSPS) is 12.2. The zero-order valence-electron chi connectivity index (χ0n) is 25.5. The van der Waals surface area contributed by atoms with Crippen molar-refractivity contribution in [1.82, 2.24) is 4.72 Å². The van der Waals surface area contributed by atoms with Gasteiger partial charge in [-0.05, 0) is 37.1 Å². The highest BCUT2D eigenvalue weighted by Crippen LogP contribution is 2.12. The highest BCUT2D eigenvalue weighted by molar-refractivity contribution is 8.01. The molecule has 0 aromatic heterocycles. The van der Waals surface area contributed by atoms with Crippen molar-refractivity contribution in [1.29, 1.82) is 0 Å². The van der Waals surface area contributed by atoms with Gasteiger partial charge in [0.2, 0.25) is 0 Å². The molecular formula is C29H48FN5O8S. The van der Waals surface area contributed by atoms with Gasteiger partial charge >= 0.3 is 0 Å². The molecule has 0 unspecified atom stereocenters. The van der Waals surface area contributed by atoms with Crippen LogP contribution < -0.4 is 21.9 Å². The minimum absolute atomic E-state index is 0.203. The summed E-state index contributed by atoms with van der Waals surface area (Å²) in [5.41, 5.74) is 15.8. The lowest BCUT2D eigenvalue weighted by atomic mass is 10.2. The smallest absolute Gasteiger partial charge is 0.275 e. The van der Waals surface area contributed by atoms with E-state index in [1.54, 1.807) is 12.2 Å². The molecule has 0 saturated carbocycles. The Hall–Kier alpha value is -2.86. The third-order valence-corrected chi connectivity index (χ3v) is 5.37. The molecule has 0 rings (SSSR count). The zero-order chi connectivity index (χ0) is 32.7. The lowest BCUT2D eigenvalue weighted by Gasteiger charge is -2.08. The van der Waals surface area contributed by atoms with Crippen molar-refractivity contribution in [3.63, 3.8) is 0 Å². The number of nitrogens with one attached hydrogen (secondary N) is 1. The highest BCUT2D eigenvalue weighted by Gasteiger charge is 2.01. The van der Waals surface area contributed by atoms with E-state index in [4.69, 9.17) is 50.4 Å². The van der Waals surface area contributed by atoms with Crippen LogP contribution in [0.2, 0.25) is 0 Å². The molecule has 0 aliphatic rings. The van der Waals surface area contributed by atoms with Gasteiger partial charge in [0, 0.05) is 23.6 Å². The molecule has 250 valence electrons. The van der Waals surface area contributed by atoms with E-state index in [0.717, 1.165) is 12.3 Å². The van der Waals surface area contributed by atoms with Gasteiger partial charge in [0.25, 0.3) is 5.91 Å². The number of hydrogen-bond acceptors (Lipinski definition) is 11. The van der Waals surface area contributed by atoms with E-state index in [1.807, 2.05) is 0 Å². The molecule has 0 spiro atoms. The molecule has 0 atom stereocenters. The maximum absolute atomic E-state index is 13.8. The second-order valence-corrected chi connectivity index (χ2v) is 9.41. The summed E-state index contributed by atoms with van der Waals surface area (Å²) < 4.78 is 54.4. The fraction of sp³-hybridized carbons (Fsp3) is 0.517. The first kappa shape index (κ1) is 41.1. The number of carbonyl (C=O) groups excluding carboxylic acids is 1. The Bertz CT molecular complexity index is 956. The second kappa shape index (κ2) is 30.2. The molecule has 44 heavy (non-hydrogen) atoms. The topological polar surface area (TPSA) is 184 Å². The Balaban J connectivity index is 3.68. The molecule has 0 radical (unpaired) electrons. The van der Waals surface area contributed by atoms with Crippen LogP contribution in [0.3, 0.4) is 0 Å². The number of rotatable bonds is 29. The number of aliphatic imine (C=N–C) groups is 1. The van der Waals surface area contributed by atoms with Crippen LogP contribution >= 0.6 is 11.9 Å². The summed E-state index contributed by atoms with van der Waals surface area (Å²) in [5.74, 6) is -1.45. The lowest BCUT2D eigenvalue weighted by molar-refractivity contribution is -0.114. The SMILES string of the molecule is C=C(/C=C\C(=C)SNCCOCCOCCOCCOCCOCCOCCN)O/C=C(F)/C=C/C=C(\C)C(=O)N=C(N)N. The standard InChI is InChI=1S/C29H48FN5O8S/c1-24(28(36)35-29(32)33)5-4-6-27(30)23-43-25(2)7-8-26(3)44-34-10-12-38-14-16-40-18-20-42-22-21-41-19-17-39-15-13-37-11-9-31/h4-8,23,34H,2-3,9-22,31H2,1H3,(H4,32,33,35,36)/b6-4+,8-7-,24-5+,27-23-. The summed E-state index contributed by atoms with van der Waals surface area (Å²) in [6.45, 7) is 16.2. The fourth-order valence-corrected chi connectivity index (χ4v) is 3.04. The van der Waals surface area contributed by atoms with Crippen molar-refractivity contribution in [2.45, 2.75) is 6.92 Å². The molecule has 0 aliphatic heterocycles. The van der Waals surface area contributed by atoms with Crippen LogP contribution in [0.25, 0.3) is 0 Å². The third kappa shape index (κ3) is 29.2. The summed E-state index contributed by atoms with van der Waals surface area (Å²) in [7, 11) is 0. The van der Waals surface area contributed by atoms with Gasteiger partial charge in [0.05, 0.1) is 79.3 Å². The molecule has 0 fully saturated rings. The minimum atomic E-state index is -0.688. The van der Waals surface area contributed by atoms with Gasteiger partial charge in [0.15, 0.2) is 11.8 Å². The van der Waals surface area contributed by atoms with Crippen LogP contribution in [0.5, 0.6) is 0 Å². The highest BCUT2D eigenvalue weighted by atomic mass is 32.2. The molecule has 0 saturated heterocycles. The predicted molar refractivity (Wildman–Crippen MR) is 171 cm³/mol. The van der Waals surface area contributed by atoms with Crippen LogP contribution in [-0.2, 0) is 38.0 Å². The van der Waals surface area contributed by atoms with Crippen LogP contribution in [0, 0.1) is 0 Å². The molecular weight excluding hydrogens is 597 g/mol. The summed E-state index contributed by atoms with van der Waals surface area (Å²) >= 11 is 1.31. The maximum Gasteiger partial charge on any atom is 0.275 e. The number of nitrogens with two attached hydrogens (primary N) is 3. The summed E-state index contributed by atoms with van der Waals surface area (Å²) in [6, 6.07) is 0. The number of ether oxygens (including phenoxy) is 7. The number of allylic oxidation sites excluding steroid dienone is 6. The van der Waals surface area contributed by atoms with Gasteiger partial charge in [-0.3, -0.25) is 9.52 Å². The Kier molecular flexibility index (Phi) is 28.2. The first-order valence-corrected chi connectivity index (χ1v) is 14.7. The van der Waals surface area contributed by atoms with E-state index in [1.165, 1.54) is 31.0 Å². The Morgan fingerprint density at radius 3 is 1.82 bits per heavy atom. The molecule has 13 nitrogen and oxygen atoms in total. The Labute approximate surface area is 264 Å². The summed E-state index contributed by atoms with van der Waals surface area (Å²) in [6.07, 6.45) is 7.89. The molecule has 7 N–H and O–H groups in total. The van der Waals surface area contributed by atoms with Crippen LogP contribution in [0.1, 0.15) is 6.92 Å². The van der Waals surface area contributed by atoms with Gasteiger partial charge in [-0.15, -0.1) is 0 Å². The van der Waals surface area contributed by atoms with E-state index >= 15 is 0 Å². The Morgan fingerprint density at radius 1 is 0.818 bits per heavy atom. The van der Waals surface area contributed by atoms with Gasteiger partial charge in [-0.1, -0.05) is 25.3 Å². The van der Waals surface area contributed by atoms with E-state index in [2.05, 4.69) is 22.9 Å². The number of amides is 1.